The molecule has 1 heterocycles. The van der Waals surface area contributed by atoms with E-state index in [0.29, 0.717) is 23.6 Å². The summed E-state index contributed by atoms with van der Waals surface area (Å²) < 4.78 is 0.918. The van der Waals surface area contributed by atoms with Crippen molar-refractivity contribution in [2.24, 2.45) is 5.73 Å². The van der Waals surface area contributed by atoms with Crippen molar-refractivity contribution in [3.05, 3.63) is 34.3 Å². The highest BCUT2D eigenvalue weighted by molar-refractivity contribution is 9.10. The molecule has 0 radical (unpaired) electrons. The number of hydrogen-bond acceptors (Lipinski definition) is 3. The van der Waals surface area contributed by atoms with Crippen LogP contribution in [0.4, 0.5) is 0 Å². The first kappa shape index (κ1) is 16.4. The van der Waals surface area contributed by atoms with Crippen LogP contribution in [0.3, 0.4) is 0 Å². The van der Waals surface area contributed by atoms with Gasteiger partial charge in [0.2, 0.25) is 0 Å². The zero-order valence-electron chi connectivity index (χ0n) is 12.3. The molecule has 0 unspecified atom stereocenters. The maximum absolute atomic E-state index is 12.5. The van der Waals surface area contributed by atoms with Gasteiger partial charge in [0.1, 0.15) is 0 Å². The minimum Gasteiger partial charge on any atom is -0.392 e. The number of carbonyl (C=O) groups is 1. The second-order valence-corrected chi connectivity index (χ2v) is 7.07. The molecule has 6 heteroatoms. The average molecular weight is 370 g/mol. The zero-order valence-corrected chi connectivity index (χ0v) is 14.7. The van der Waals surface area contributed by atoms with Crippen molar-refractivity contribution in [1.29, 1.82) is 0 Å². The van der Waals surface area contributed by atoms with Crippen molar-refractivity contribution in [2.75, 3.05) is 26.2 Å². The average Bonchev–Trinajstić information content (AvgIpc) is 2.46. The minimum absolute atomic E-state index is 0.0732. The number of hydrogen-bond donors (Lipinski definition) is 1. The van der Waals surface area contributed by atoms with Crippen molar-refractivity contribution in [3.63, 3.8) is 0 Å². The number of carbonyl (C=O) groups excluding carboxylic acids is 1. The molecule has 1 fully saturated rings. The Morgan fingerprint density at radius 3 is 2.43 bits per heavy atom. The van der Waals surface area contributed by atoms with Crippen LogP contribution in [0, 0.1) is 0 Å². The molecule has 2 rings (SSSR count). The molecule has 0 spiro atoms. The summed E-state index contributed by atoms with van der Waals surface area (Å²) in [5, 5.41) is 0. The molecule has 0 aromatic heterocycles. The van der Waals surface area contributed by atoms with Crippen molar-refractivity contribution in [3.8, 4) is 0 Å². The van der Waals surface area contributed by atoms with E-state index in [-0.39, 0.29) is 11.4 Å². The van der Waals surface area contributed by atoms with E-state index in [1.807, 2.05) is 43.0 Å². The Kier molecular flexibility index (Phi) is 5.01. The zero-order chi connectivity index (χ0) is 15.6. The van der Waals surface area contributed by atoms with Gasteiger partial charge in [0, 0.05) is 36.2 Å². The van der Waals surface area contributed by atoms with Gasteiger partial charge in [0.15, 0.2) is 0 Å². The molecule has 4 nitrogen and oxygen atoms in total. The molecule has 1 saturated heterocycles. The van der Waals surface area contributed by atoms with Gasteiger partial charge in [-0.3, -0.25) is 9.69 Å². The summed E-state index contributed by atoms with van der Waals surface area (Å²) in [5.74, 6) is 0.0732. The smallest absolute Gasteiger partial charge is 0.253 e. The molecule has 21 heavy (non-hydrogen) atoms. The molecule has 0 bridgehead atoms. The van der Waals surface area contributed by atoms with Gasteiger partial charge in [-0.2, -0.15) is 0 Å². The SMILES string of the molecule is CC(C)(C(N)=S)N1CCN(C(=O)c2cccc(Br)c2)CC1. The summed E-state index contributed by atoms with van der Waals surface area (Å²) in [6, 6.07) is 7.50. The number of nitrogens with two attached hydrogens (primary N) is 1. The summed E-state index contributed by atoms with van der Waals surface area (Å²) in [5.41, 5.74) is 6.22. The van der Waals surface area contributed by atoms with Gasteiger partial charge in [0.25, 0.3) is 5.91 Å². The number of piperazine rings is 1. The predicted molar refractivity (Wildman–Crippen MR) is 92.5 cm³/mol. The van der Waals surface area contributed by atoms with Crippen molar-refractivity contribution >= 4 is 39.0 Å². The van der Waals surface area contributed by atoms with Crippen LogP contribution in [0.25, 0.3) is 0 Å². The van der Waals surface area contributed by atoms with Crippen LogP contribution < -0.4 is 5.73 Å². The molecule has 0 atom stereocenters. The van der Waals surface area contributed by atoms with E-state index in [9.17, 15) is 4.79 Å². The standard InChI is InChI=1S/C15H20BrN3OS/c1-15(2,14(17)21)19-8-6-18(7-9-19)13(20)11-4-3-5-12(16)10-11/h3-5,10H,6-9H2,1-2H3,(H2,17,21). The van der Waals surface area contributed by atoms with Crippen LogP contribution >= 0.6 is 28.1 Å². The van der Waals surface area contributed by atoms with E-state index in [1.165, 1.54) is 0 Å². The fourth-order valence-corrected chi connectivity index (χ4v) is 2.96. The second-order valence-electron chi connectivity index (χ2n) is 5.71. The molecule has 1 aromatic rings. The maximum Gasteiger partial charge on any atom is 0.253 e. The Morgan fingerprint density at radius 1 is 1.29 bits per heavy atom. The number of benzene rings is 1. The van der Waals surface area contributed by atoms with Crippen LogP contribution in [0.1, 0.15) is 24.2 Å². The molecule has 0 aliphatic carbocycles. The quantitative estimate of drug-likeness (QED) is 0.830. The molecule has 1 aliphatic heterocycles. The van der Waals surface area contributed by atoms with Crippen LogP contribution in [0.5, 0.6) is 0 Å². The summed E-state index contributed by atoms with van der Waals surface area (Å²) in [4.78, 5) is 17.1. The first-order chi connectivity index (χ1) is 9.82. The van der Waals surface area contributed by atoms with Crippen molar-refractivity contribution in [2.45, 2.75) is 19.4 Å². The lowest BCUT2D eigenvalue weighted by atomic mass is 10.0. The highest BCUT2D eigenvalue weighted by Crippen LogP contribution is 2.19. The summed E-state index contributed by atoms with van der Waals surface area (Å²) >= 11 is 8.53. The van der Waals surface area contributed by atoms with Crippen LogP contribution in [0.15, 0.2) is 28.7 Å². The van der Waals surface area contributed by atoms with Crippen molar-refractivity contribution in [1.82, 2.24) is 9.80 Å². The van der Waals surface area contributed by atoms with Gasteiger partial charge < -0.3 is 10.6 Å². The summed E-state index contributed by atoms with van der Waals surface area (Å²) in [7, 11) is 0. The molecule has 1 amide bonds. The normalized spacial score (nSPS) is 16.8. The van der Waals surface area contributed by atoms with E-state index in [1.54, 1.807) is 0 Å². The molecule has 2 N–H and O–H groups in total. The molecular weight excluding hydrogens is 350 g/mol. The fraction of sp³-hybridized carbons (Fsp3) is 0.467. The molecular formula is C15H20BrN3OS. The largest absolute Gasteiger partial charge is 0.392 e. The second kappa shape index (κ2) is 6.42. The molecule has 1 aromatic carbocycles. The first-order valence-corrected chi connectivity index (χ1v) is 8.12. The van der Waals surface area contributed by atoms with Crippen LogP contribution in [-0.4, -0.2) is 52.4 Å². The lowest BCUT2D eigenvalue weighted by Gasteiger charge is -2.43. The maximum atomic E-state index is 12.5. The summed E-state index contributed by atoms with van der Waals surface area (Å²) in [6.45, 7) is 7.01. The predicted octanol–water partition coefficient (Wildman–Crippen LogP) is 2.27. The van der Waals surface area contributed by atoms with E-state index < -0.39 is 0 Å². The molecule has 0 saturated carbocycles. The van der Waals surface area contributed by atoms with Gasteiger partial charge >= 0.3 is 0 Å². The van der Waals surface area contributed by atoms with Crippen LogP contribution in [-0.2, 0) is 0 Å². The number of amides is 1. The highest BCUT2D eigenvalue weighted by Gasteiger charge is 2.33. The summed E-state index contributed by atoms with van der Waals surface area (Å²) in [6.07, 6.45) is 0. The number of halogens is 1. The van der Waals surface area contributed by atoms with Gasteiger partial charge in [-0.1, -0.05) is 34.2 Å². The Labute approximate surface area is 139 Å². The number of nitrogens with zero attached hydrogens (tertiary/aromatic N) is 2. The fourth-order valence-electron chi connectivity index (χ4n) is 2.43. The lowest BCUT2D eigenvalue weighted by molar-refractivity contribution is 0.0539. The van der Waals surface area contributed by atoms with Gasteiger partial charge in [0.05, 0.1) is 10.5 Å². The Hall–Kier alpha value is -0.980. The third-order valence-electron chi connectivity index (χ3n) is 4.03. The van der Waals surface area contributed by atoms with Gasteiger partial charge in [-0.05, 0) is 32.0 Å². The number of thiocarbonyl (C=S) groups is 1. The topological polar surface area (TPSA) is 49.6 Å². The third-order valence-corrected chi connectivity index (χ3v) is 5.02. The van der Waals surface area contributed by atoms with Gasteiger partial charge in [-0.15, -0.1) is 0 Å². The minimum atomic E-state index is -0.305. The van der Waals surface area contributed by atoms with Gasteiger partial charge in [-0.25, -0.2) is 0 Å². The lowest BCUT2D eigenvalue weighted by Crippen LogP contribution is -2.59. The third kappa shape index (κ3) is 3.62. The van der Waals surface area contributed by atoms with E-state index in [0.717, 1.165) is 17.6 Å². The van der Waals surface area contributed by atoms with E-state index in [2.05, 4.69) is 20.8 Å². The van der Waals surface area contributed by atoms with E-state index in [4.69, 9.17) is 18.0 Å². The molecule has 1 aliphatic rings. The van der Waals surface area contributed by atoms with Crippen LogP contribution in [0.2, 0.25) is 0 Å². The van der Waals surface area contributed by atoms with Crippen molar-refractivity contribution < 1.29 is 4.79 Å². The first-order valence-electron chi connectivity index (χ1n) is 6.92. The Bertz CT molecular complexity index is 554. The monoisotopic (exact) mass is 369 g/mol. The molecule has 114 valence electrons. The highest BCUT2D eigenvalue weighted by atomic mass is 79.9. The number of rotatable bonds is 3. The van der Waals surface area contributed by atoms with E-state index >= 15 is 0 Å². The Morgan fingerprint density at radius 2 is 1.90 bits per heavy atom. The Balaban J connectivity index is 2.01.